The van der Waals surface area contributed by atoms with Gasteiger partial charge < -0.3 is 33.9 Å². The van der Waals surface area contributed by atoms with Crippen LogP contribution in [0.25, 0.3) is 0 Å². The Labute approximate surface area is 210 Å². The minimum atomic E-state index is -0.569. The molecule has 9 nitrogen and oxygen atoms in total. The number of anilines is 1. The van der Waals surface area contributed by atoms with Gasteiger partial charge in [0.2, 0.25) is 0 Å². The number of ether oxygens (including phenoxy) is 5. The smallest absolute Gasteiger partial charge is 0.322 e. The number of hydrogen-bond donors (Lipinski definition) is 1. The summed E-state index contributed by atoms with van der Waals surface area (Å²) in [5.41, 5.74) is 2.18. The fourth-order valence-corrected chi connectivity index (χ4v) is 4.34. The van der Waals surface area contributed by atoms with Crippen molar-refractivity contribution in [1.29, 1.82) is 0 Å². The Balaban J connectivity index is 1.98. The molecule has 0 saturated carbocycles. The number of urea groups is 1. The van der Waals surface area contributed by atoms with Crippen LogP contribution in [0, 0.1) is 0 Å². The van der Waals surface area contributed by atoms with Crippen LogP contribution in [0.4, 0.5) is 10.5 Å². The lowest BCUT2D eigenvalue weighted by Gasteiger charge is -2.37. The largest absolute Gasteiger partial charge is 0.495 e. The number of nitrogens with one attached hydrogen (secondary N) is 1. The average molecular weight is 507 g/mol. The molecule has 1 heterocycles. The van der Waals surface area contributed by atoms with Gasteiger partial charge in [0.1, 0.15) is 11.5 Å². The molecule has 3 rings (SSSR count). The number of nitrogens with zero attached hydrogens (tertiary/aromatic N) is 1. The molecule has 0 saturated heterocycles. The van der Waals surface area contributed by atoms with Crippen LogP contribution in [-0.2, 0) is 16.0 Å². The van der Waals surface area contributed by atoms with Crippen molar-refractivity contribution in [3.63, 3.8) is 0 Å². The molecule has 35 heavy (non-hydrogen) atoms. The predicted molar refractivity (Wildman–Crippen MR) is 132 cm³/mol. The molecule has 0 bridgehead atoms. The molecule has 1 atom stereocenters. The summed E-state index contributed by atoms with van der Waals surface area (Å²) >= 11 is 6.27. The minimum Gasteiger partial charge on any atom is -0.495 e. The van der Waals surface area contributed by atoms with E-state index in [1.807, 2.05) is 26.0 Å². The van der Waals surface area contributed by atoms with Crippen LogP contribution < -0.4 is 24.3 Å². The first-order valence-corrected chi connectivity index (χ1v) is 11.7. The van der Waals surface area contributed by atoms with Crippen molar-refractivity contribution >= 4 is 29.3 Å². The molecule has 1 aliphatic rings. The van der Waals surface area contributed by atoms with Gasteiger partial charge in [0.25, 0.3) is 0 Å². The van der Waals surface area contributed by atoms with Gasteiger partial charge in [-0.25, -0.2) is 4.79 Å². The molecule has 2 aromatic rings. The molecule has 0 spiro atoms. The van der Waals surface area contributed by atoms with Crippen LogP contribution in [0.3, 0.4) is 0 Å². The number of esters is 1. The van der Waals surface area contributed by atoms with E-state index in [4.69, 9.17) is 35.3 Å². The van der Waals surface area contributed by atoms with Crippen molar-refractivity contribution < 1.29 is 33.3 Å². The van der Waals surface area contributed by atoms with Crippen molar-refractivity contribution in [3.8, 4) is 23.0 Å². The summed E-state index contributed by atoms with van der Waals surface area (Å²) in [5, 5.41) is 3.18. The summed E-state index contributed by atoms with van der Waals surface area (Å²) in [6, 6.07) is 5.96. The molecule has 10 heteroatoms. The van der Waals surface area contributed by atoms with E-state index in [1.54, 1.807) is 17.0 Å². The Hall–Kier alpha value is -3.33. The van der Waals surface area contributed by atoms with Gasteiger partial charge in [-0.1, -0.05) is 11.6 Å². The summed E-state index contributed by atoms with van der Waals surface area (Å²) in [6.45, 7) is 5.11. The fraction of sp³-hybridized carbons (Fsp3) is 0.440. The SMILES string of the molecule is CCOc1cc2c(cc1OCC)C(CC(=O)OC)N(C(=O)Nc1cc(Cl)c(OC)cc1OC)CC2. The monoisotopic (exact) mass is 506 g/mol. The molecule has 190 valence electrons. The quantitative estimate of drug-likeness (QED) is 0.486. The zero-order valence-corrected chi connectivity index (χ0v) is 21.4. The van der Waals surface area contributed by atoms with E-state index in [1.165, 1.54) is 21.3 Å². The molecule has 2 aromatic carbocycles. The highest BCUT2D eigenvalue weighted by Crippen LogP contribution is 2.41. The lowest BCUT2D eigenvalue weighted by atomic mass is 9.90. The first kappa shape index (κ1) is 26.3. The number of hydrogen-bond acceptors (Lipinski definition) is 7. The van der Waals surface area contributed by atoms with Crippen LogP contribution >= 0.6 is 11.6 Å². The van der Waals surface area contributed by atoms with Gasteiger partial charge in [0, 0.05) is 12.6 Å². The van der Waals surface area contributed by atoms with Gasteiger partial charge in [0.05, 0.1) is 57.7 Å². The average Bonchev–Trinajstić information content (AvgIpc) is 2.85. The molecule has 1 aliphatic heterocycles. The minimum absolute atomic E-state index is 0.0169. The Bertz CT molecular complexity index is 1080. The third-order valence-corrected chi connectivity index (χ3v) is 6.02. The number of rotatable bonds is 9. The Kier molecular flexibility index (Phi) is 8.92. The van der Waals surface area contributed by atoms with E-state index >= 15 is 0 Å². The molecule has 0 radical (unpaired) electrons. The van der Waals surface area contributed by atoms with Gasteiger partial charge in [-0.15, -0.1) is 0 Å². The van der Waals surface area contributed by atoms with Crippen molar-refractivity contribution in [1.82, 2.24) is 4.90 Å². The van der Waals surface area contributed by atoms with E-state index in [9.17, 15) is 9.59 Å². The first-order chi connectivity index (χ1) is 16.9. The molecule has 2 amide bonds. The molecule has 0 aliphatic carbocycles. The van der Waals surface area contributed by atoms with E-state index in [-0.39, 0.29) is 6.42 Å². The lowest BCUT2D eigenvalue weighted by molar-refractivity contribution is -0.141. The number of benzene rings is 2. The van der Waals surface area contributed by atoms with Crippen LogP contribution in [0.2, 0.25) is 5.02 Å². The van der Waals surface area contributed by atoms with Gasteiger partial charge in [0.15, 0.2) is 11.5 Å². The van der Waals surface area contributed by atoms with Crippen LogP contribution in [-0.4, -0.2) is 58.0 Å². The highest BCUT2D eigenvalue weighted by Gasteiger charge is 2.34. The Morgan fingerprint density at radius 3 is 2.23 bits per heavy atom. The van der Waals surface area contributed by atoms with E-state index < -0.39 is 18.0 Å². The highest BCUT2D eigenvalue weighted by molar-refractivity contribution is 6.32. The van der Waals surface area contributed by atoms with Crippen LogP contribution in [0.15, 0.2) is 24.3 Å². The zero-order valence-electron chi connectivity index (χ0n) is 20.6. The maximum absolute atomic E-state index is 13.4. The first-order valence-electron chi connectivity index (χ1n) is 11.3. The van der Waals surface area contributed by atoms with Crippen molar-refractivity contribution in [2.24, 2.45) is 0 Å². The maximum atomic E-state index is 13.4. The maximum Gasteiger partial charge on any atom is 0.322 e. The number of fused-ring (bicyclic) bond motifs is 1. The zero-order chi connectivity index (χ0) is 25.5. The summed E-state index contributed by atoms with van der Waals surface area (Å²) in [4.78, 5) is 27.4. The second-order valence-electron chi connectivity index (χ2n) is 7.72. The Morgan fingerprint density at radius 2 is 1.63 bits per heavy atom. The standard InChI is InChI=1S/C25H31ClN2O7/c1-6-34-22-10-15-8-9-28(19(13-24(29)33-5)16(15)11-23(22)35-7-2)25(30)27-18-12-17(26)20(31-3)14-21(18)32-4/h10-12,14,19H,6-9,13H2,1-5H3,(H,27,30). The van der Waals surface area contributed by atoms with Gasteiger partial charge in [-0.05, 0) is 49.6 Å². The van der Waals surface area contributed by atoms with Crippen molar-refractivity contribution in [2.75, 3.05) is 46.4 Å². The van der Waals surface area contributed by atoms with Crippen LogP contribution in [0.5, 0.6) is 23.0 Å². The lowest BCUT2D eigenvalue weighted by Crippen LogP contribution is -2.43. The second kappa shape index (κ2) is 11.9. The van der Waals surface area contributed by atoms with E-state index in [0.717, 1.165) is 11.1 Å². The third kappa shape index (κ3) is 5.85. The number of methoxy groups -OCH3 is 3. The molecule has 0 fully saturated rings. The highest BCUT2D eigenvalue weighted by atomic mass is 35.5. The summed E-state index contributed by atoms with van der Waals surface area (Å²) < 4.78 is 27.1. The normalized spacial score (nSPS) is 14.6. The van der Waals surface area contributed by atoms with Crippen molar-refractivity contribution in [3.05, 3.63) is 40.4 Å². The summed E-state index contributed by atoms with van der Waals surface area (Å²) in [7, 11) is 4.31. The Morgan fingerprint density at radius 1 is 0.971 bits per heavy atom. The number of carbonyl (C=O) groups is 2. The van der Waals surface area contributed by atoms with Crippen molar-refractivity contribution in [2.45, 2.75) is 32.7 Å². The topological polar surface area (TPSA) is 95.6 Å². The number of carbonyl (C=O) groups excluding carboxylic acids is 2. The molecule has 1 unspecified atom stereocenters. The van der Waals surface area contributed by atoms with E-state index in [0.29, 0.717) is 59.9 Å². The van der Waals surface area contributed by atoms with E-state index in [2.05, 4.69) is 5.32 Å². The van der Waals surface area contributed by atoms with Gasteiger partial charge in [-0.3, -0.25) is 4.79 Å². The predicted octanol–water partition coefficient (Wildman–Crippen LogP) is 4.85. The third-order valence-electron chi connectivity index (χ3n) is 5.73. The summed E-state index contributed by atoms with van der Waals surface area (Å²) in [5.74, 6) is 1.58. The fourth-order valence-electron chi connectivity index (χ4n) is 4.09. The van der Waals surface area contributed by atoms with Gasteiger partial charge in [-0.2, -0.15) is 0 Å². The molecular weight excluding hydrogens is 476 g/mol. The molecular formula is C25H31ClN2O7. The number of halogens is 1. The van der Waals surface area contributed by atoms with Crippen LogP contribution in [0.1, 0.15) is 37.4 Å². The van der Waals surface area contributed by atoms with Gasteiger partial charge >= 0.3 is 12.0 Å². The molecule has 0 aromatic heterocycles. The summed E-state index contributed by atoms with van der Waals surface area (Å²) in [6.07, 6.45) is 0.560. The molecule has 1 N–H and O–H groups in total. The second-order valence-corrected chi connectivity index (χ2v) is 8.13. The number of amides is 2.